The van der Waals surface area contributed by atoms with Gasteiger partial charge in [-0.25, -0.2) is 8.42 Å². The topological polar surface area (TPSA) is 102 Å². The van der Waals surface area contributed by atoms with Gasteiger partial charge in [-0.3, -0.25) is 0 Å². The van der Waals surface area contributed by atoms with Crippen LogP contribution in [-0.4, -0.2) is 70.0 Å². The van der Waals surface area contributed by atoms with Gasteiger partial charge in [-0.2, -0.15) is 26.6 Å². The molecule has 1 aliphatic heterocycles. The Hall–Kier alpha value is -1.51. The average Bonchev–Trinajstić information content (AvgIpc) is 2.81. The van der Waals surface area contributed by atoms with E-state index < -0.39 is 20.2 Å². The van der Waals surface area contributed by atoms with Crippen LogP contribution in [0.3, 0.4) is 0 Å². The third-order valence-electron chi connectivity index (χ3n) is 3.83. The lowest BCUT2D eigenvalue weighted by atomic mass is 10.2. The molecular weight excluding hydrogens is 352 g/mol. The predicted octanol–water partition coefficient (Wildman–Crippen LogP) is 0.0611. The molecule has 8 nitrogen and oxygen atoms in total. The Morgan fingerprint density at radius 3 is 2.21 bits per heavy atom. The fraction of sp³-hybridized carbons (Fsp3) is 0.500. The first kappa shape index (κ1) is 18.8. The van der Waals surface area contributed by atoms with Crippen molar-refractivity contribution in [1.29, 1.82) is 5.26 Å². The summed E-state index contributed by atoms with van der Waals surface area (Å²) in [5.41, 5.74) is 0.0829. The molecule has 132 valence electrons. The molecule has 1 saturated heterocycles. The maximum Gasteiger partial charge on any atom is 0.281 e. The highest BCUT2D eigenvalue weighted by molar-refractivity contribution is 7.89. The molecule has 1 fully saturated rings. The number of nitrogens with zero attached hydrogens (tertiary/aromatic N) is 4. The maximum absolute atomic E-state index is 12.8. The second-order valence-corrected chi connectivity index (χ2v) is 9.60. The Bertz CT molecular complexity index is 844. The normalized spacial score (nSPS) is 18.2. The van der Waals surface area contributed by atoms with E-state index in [4.69, 9.17) is 5.26 Å². The molecule has 0 saturated carbocycles. The monoisotopic (exact) mass is 372 g/mol. The fourth-order valence-electron chi connectivity index (χ4n) is 2.50. The van der Waals surface area contributed by atoms with E-state index in [-0.39, 0.29) is 36.6 Å². The Morgan fingerprint density at radius 1 is 1.00 bits per heavy atom. The van der Waals surface area contributed by atoms with Crippen molar-refractivity contribution in [3.05, 3.63) is 29.8 Å². The second-order valence-electron chi connectivity index (χ2n) is 5.55. The summed E-state index contributed by atoms with van der Waals surface area (Å²) in [6.45, 7) is 0.595. The molecule has 0 N–H and O–H groups in total. The van der Waals surface area contributed by atoms with Crippen LogP contribution in [-0.2, 0) is 20.2 Å². The summed E-state index contributed by atoms with van der Waals surface area (Å²) < 4.78 is 53.7. The lowest BCUT2D eigenvalue weighted by Gasteiger charge is -2.24. The van der Waals surface area contributed by atoms with Gasteiger partial charge in [-0.05, 0) is 18.6 Å². The number of benzene rings is 1. The van der Waals surface area contributed by atoms with Gasteiger partial charge in [0.15, 0.2) is 0 Å². The van der Waals surface area contributed by atoms with E-state index in [1.54, 1.807) is 12.1 Å². The van der Waals surface area contributed by atoms with Gasteiger partial charge in [0.2, 0.25) is 10.0 Å². The molecule has 24 heavy (non-hydrogen) atoms. The predicted molar refractivity (Wildman–Crippen MR) is 88.7 cm³/mol. The minimum Gasteiger partial charge on any atom is -0.207 e. The number of hydrogen-bond donors (Lipinski definition) is 0. The van der Waals surface area contributed by atoms with E-state index in [1.165, 1.54) is 34.8 Å². The molecule has 0 bridgehead atoms. The largest absolute Gasteiger partial charge is 0.281 e. The molecule has 0 aliphatic carbocycles. The van der Waals surface area contributed by atoms with Crippen LogP contribution in [0.25, 0.3) is 0 Å². The van der Waals surface area contributed by atoms with Gasteiger partial charge in [-0.1, -0.05) is 12.1 Å². The van der Waals surface area contributed by atoms with E-state index in [0.29, 0.717) is 6.42 Å². The maximum atomic E-state index is 12.8. The summed E-state index contributed by atoms with van der Waals surface area (Å²) in [7, 11) is -4.53. The van der Waals surface area contributed by atoms with Crippen LogP contribution in [0.15, 0.2) is 29.2 Å². The van der Waals surface area contributed by atoms with E-state index >= 15 is 0 Å². The van der Waals surface area contributed by atoms with E-state index in [9.17, 15) is 16.8 Å². The standard InChI is InChI=1S/C14H20N4O4S2/c1-16(2)24(21,22)18-9-5-8-17(10-11-18)23(19,20)14-7-4-3-6-13(14)12-15/h3-4,6-7H,5,8-11H2,1-2H3. The van der Waals surface area contributed by atoms with E-state index in [1.807, 2.05) is 6.07 Å². The zero-order valence-electron chi connectivity index (χ0n) is 13.6. The molecule has 1 heterocycles. The van der Waals surface area contributed by atoms with Crippen molar-refractivity contribution in [3.8, 4) is 6.07 Å². The highest BCUT2D eigenvalue weighted by Gasteiger charge is 2.32. The lowest BCUT2D eigenvalue weighted by Crippen LogP contribution is -2.42. The van der Waals surface area contributed by atoms with E-state index in [0.717, 1.165) is 4.31 Å². The van der Waals surface area contributed by atoms with Crippen LogP contribution in [0.2, 0.25) is 0 Å². The van der Waals surface area contributed by atoms with Gasteiger partial charge in [0.1, 0.15) is 6.07 Å². The van der Waals surface area contributed by atoms with Crippen LogP contribution < -0.4 is 0 Å². The SMILES string of the molecule is CN(C)S(=O)(=O)N1CCCN(S(=O)(=O)c2ccccc2C#N)CC1. The minimum atomic E-state index is -3.84. The molecule has 10 heteroatoms. The molecule has 0 aromatic heterocycles. The minimum absolute atomic E-state index is 0.0450. The zero-order chi connectivity index (χ0) is 18.0. The van der Waals surface area contributed by atoms with E-state index in [2.05, 4.69) is 0 Å². The van der Waals surface area contributed by atoms with Crippen LogP contribution in [0.5, 0.6) is 0 Å². The number of nitriles is 1. The van der Waals surface area contributed by atoms with Crippen molar-refractivity contribution in [2.45, 2.75) is 11.3 Å². The van der Waals surface area contributed by atoms with Gasteiger partial charge < -0.3 is 0 Å². The van der Waals surface area contributed by atoms with Gasteiger partial charge in [0, 0.05) is 40.3 Å². The van der Waals surface area contributed by atoms with Gasteiger partial charge in [-0.15, -0.1) is 0 Å². The molecule has 1 aromatic carbocycles. The molecule has 0 atom stereocenters. The summed E-state index contributed by atoms with van der Waals surface area (Å²) in [5.74, 6) is 0. The molecule has 0 radical (unpaired) electrons. The van der Waals surface area contributed by atoms with Crippen molar-refractivity contribution >= 4 is 20.2 Å². The molecule has 0 unspecified atom stereocenters. The zero-order valence-corrected chi connectivity index (χ0v) is 15.2. The molecular formula is C14H20N4O4S2. The quantitative estimate of drug-likeness (QED) is 0.744. The van der Waals surface area contributed by atoms with Crippen molar-refractivity contribution in [2.24, 2.45) is 0 Å². The summed E-state index contributed by atoms with van der Waals surface area (Å²) in [6, 6.07) is 7.90. The summed E-state index contributed by atoms with van der Waals surface area (Å²) >= 11 is 0. The van der Waals surface area contributed by atoms with Gasteiger partial charge in [0.25, 0.3) is 10.2 Å². The highest BCUT2D eigenvalue weighted by Crippen LogP contribution is 2.21. The first-order valence-corrected chi connectivity index (χ1v) is 10.2. The third kappa shape index (κ3) is 3.60. The Balaban J connectivity index is 2.27. The molecule has 1 aliphatic rings. The fourth-order valence-corrected chi connectivity index (χ4v) is 5.24. The summed E-state index contributed by atoms with van der Waals surface area (Å²) in [4.78, 5) is -0.0450. The number of sulfonamides is 1. The van der Waals surface area contributed by atoms with Gasteiger partial charge >= 0.3 is 0 Å². The second kappa shape index (κ2) is 7.16. The third-order valence-corrected chi connectivity index (χ3v) is 7.72. The Kier molecular flexibility index (Phi) is 5.62. The molecule has 0 spiro atoms. The number of rotatable bonds is 4. The first-order valence-electron chi connectivity index (χ1n) is 7.38. The van der Waals surface area contributed by atoms with Crippen molar-refractivity contribution < 1.29 is 16.8 Å². The Labute approximate surface area is 143 Å². The summed E-state index contributed by atoms with van der Waals surface area (Å²) in [6.07, 6.45) is 0.390. The van der Waals surface area contributed by atoms with Crippen LogP contribution >= 0.6 is 0 Å². The smallest absolute Gasteiger partial charge is 0.207 e. The van der Waals surface area contributed by atoms with Gasteiger partial charge in [0.05, 0.1) is 10.5 Å². The first-order chi connectivity index (χ1) is 11.2. The van der Waals surface area contributed by atoms with Crippen molar-refractivity contribution in [1.82, 2.24) is 12.9 Å². The van der Waals surface area contributed by atoms with Crippen LogP contribution in [0.1, 0.15) is 12.0 Å². The van der Waals surface area contributed by atoms with Crippen molar-refractivity contribution in [2.75, 3.05) is 40.3 Å². The summed E-state index contributed by atoms with van der Waals surface area (Å²) in [5, 5.41) is 9.12. The highest BCUT2D eigenvalue weighted by atomic mass is 32.2. The molecule has 0 amide bonds. The lowest BCUT2D eigenvalue weighted by molar-refractivity contribution is 0.378. The molecule has 1 aromatic rings. The van der Waals surface area contributed by atoms with Crippen LogP contribution in [0.4, 0.5) is 0 Å². The Morgan fingerprint density at radius 2 is 1.58 bits per heavy atom. The number of hydrogen-bond acceptors (Lipinski definition) is 5. The molecule has 2 rings (SSSR count). The average molecular weight is 372 g/mol. The van der Waals surface area contributed by atoms with Crippen LogP contribution in [0, 0.1) is 11.3 Å². The van der Waals surface area contributed by atoms with Crippen molar-refractivity contribution in [3.63, 3.8) is 0 Å².